The molecule has 0 unspecified atom stereocenters. The highest BCUT2D eigenvalue weighted by atomic mass is 35.5. The van der Waals surface area contributed by atoms with Gasteiger partial charge in [0.05, 0.1) is 65.9 Å². The van der Waals surface area contributed by atoms with E-state index in [1.165, 1.54) is 10.3 Å². The zero-order valence-electron chi connectivity index (χ0n) is 40.4. The van der Waals surface area contributed by atoms with E-state index >= 15 is 0 Å². The first-order valence-corrected chi connectivity index (χ1v) is 28.2. The summed E-state index contributed by atoms with van der Waals surface area (Å²) < 4.78 is 32.0. The van der Waals surface area contributed by atoms with Crippen molar-refractivity contribution < 1.29 is 37.6 Å². The Kier molecular flexibility index (Phi) is 14.3. The number of ether oxygens (including phenoxy) is 3. The van der Waals surface area contributed by atoms with Crippen LogP contribution in [0.5, 0.6) is 5.75 Å². The number of nitrogens with zero attached hydrogens (tertiary/aromatic N) is 6. The summed E-state index contributed by atoms with van der Waals surface area (Å²) in [5, 5.41) is 13.2. The molecule has 386 valence electrons. The molecule has 6 aliphatic rings. The van der Waals surface area contributed by atoms with Gasteiger partial charge in [0, 0.05) is 77.2 Å². The molecule has 4 saturated carbocycles. The SMILES string of the molecule is Cc1ccc2nc(N3C[C@H]4C[C@@H]3C[C@@H]4OCc3c(-c4c(Cl)cccc4Cl)noc3C3CC3)sc2c1.O=C=O.O=COc1ccc2nc(N3C[C@H]4C[C@@H]3C[C@@H]4OCc3c(-c4c(Cl)cccc4Cl)noc3C3CC3)sc2c1. The Hall–Kier alpha value is -5.39. The minimum Gasteiger partial charge on any atom is -0.429 e. The van der Waals surface area contributed by atoms with Crippen molar-refractivity contribution in [2.75, 3.05) is 22.9 Å². The third-order valence-corrected chi connectivity index (χ3v) is 18.7. The maximum absolute atomic E-state index is 10.7. The van der Waals surface area contributed by atoms with E-state index in [2.05, 4.69) is 45.2 Å². The van der Waals surface area contributed by atoms with Gasteiger partial charge in [-0.1, -0.05) is 97.6 Å². The smallest absolute Gasteiger partial charge is 0.373 e. The second kappa shape index (κ2) is 21.2. The Morgan fingerprint density at radius 3 is 1.53 bits per heavy atom. The molecule has 8 aromatic rings. The van der Waals surface area contributed by atoms with Crippen LogP contribution >= 0.6 is 69.1 Å². The Morgan fingerprint density at radius 2 is 1.11 bits per heavy atom. The highest BCUT2D eigenvalue weighted by Crippen LogP contribution is 2.50. The molecule has 0 amide bonds. The Bertz CT molecular complexity index is 3440. The van der Waals surface area contributed by atoms with Crippen LogP contribution in [0, 0.1) is 18.8 Å². The number of benzene rings is 4. The van der Waals surface area contributed by atoms with Gasteiger partial charge in [0.2, 0.25) is 0 Å². The number of fused-ring (bicyclic) bond motifs is 6. The van der Waals surface area contributed by atoms with Crippen LogP contribution in [0.1, 0.15) is 91.4 Å². The zero-order chi connectivity index (χ0) is 51.5. The van der Waals surface area contributed by atoms with Crippen molar-refractivity contribution in [1.29, 1.82) is 0 Å². The Balaban J connectivity index is 0.000000145. The highest BCUT2D eigenvalue weighted by molar-refractivity contribution is 7.22. The number of carbonyl (C=O) groups is 1. The average Bonchev–Trinajstić information content (AvgIpc) is 3.81. The van der Waals surface area contributed by atoms with Crippen LogP contribution in [0.2, 0.25) is 20.1 Å². The van der Waals surface area contributed by atoms with Gasteiger partial charge in [0.1, 0.15) is 28.7 Å². The van der Waals surface area contributed by atoms with E-state index in [1.807, 2.05) is 48.5 Å². The molecule has 6 fully saturated rings. The number of carbonyl (C=O) groups excluding carboxylic acids is 3. The van der Waals surface area contributed by atoms with Crippen LogP contribution in [0.25, 0.3) is 42.9 Å². The summed E-state index contributed by atoms with van der Waals surface area (Å²) in [6.07, 6.45) is 9.31. The molecule has 4 bridgehead atoms. The minimum atomic E-state index is 0.166. The molecule has 4 aliphatic carbocycles. The van der Waals surface area contributed by atoms with E-state index in [0.29, 0.717) is 92.5 Å². The Labute approximate surface area is 459 Å². The fourth-order valence-electron chi connectivity index (χ4n) is 11.5. The predicted molar refractivity (Wildman–Crippen MR) is 288 cm³/mol. The first kappa shape index (κ1) is 50.4. The van der Waals surface area contributed by atoms with Crippen LogP contribution in [0.4, 0.5) is 10.3 Å². The van der Waals surface area contributed by atoms with Gasteiger partial charge in [-0.3, -0.25) is 4.79 Å². The first-order chi connectivity index (χ1) is 36.5. The lowest BCUT2D eigenvalue weighted by Gasteiger charge is -2.31. The third kappa shape index (κ3) is 10.1. The number of hydrogen-bond donors (Lipinski definition) is 0. The van der Waals surface area contributed by atoms with E-state index < -0.39 is 0 Å². The van der Waals surface area contributed by atoms with Gasteiger partial charge in [0.15, 0.2) is 10.3 Å². The summed E-state index contributed by atoms with van der Waals surface area (Å²) in [5.41, 5.74) is 8.11. The van der Waals surface area contributed by atoms with Gasteiger partial charge in [-0.05, 0) is 112 Å². The monoisotopic (exact) mass is 1120 g/mol. The lowest BCUT2D eigenvalue weighted by Crippen LogP contribution is -2.38. The van der Waals surface area contributed by atoms with Crippen molar-refractivity contribution in [1.82, 2.24) is 20.3 Å². The average molecular weight is 1130 g/mol. The maximum atomic E-state index is 10.7. The van der Waals surface area contributed by atoms with Crippen LogP contribution in [-0.4, -0.2) is 70.3 Å². The van der Waals surface area contributed by atoms with E-state index in [4.69, 9.17) is 89.2 Å². The van der Waals surface area contributed by atoms with Crippen molar-refractivity contribution in [3.8, 4) is 28.3 Å². The van der Waals surface area contributed by atoms with Gasteiger partial charge in [-0.2, -0.15) is 9.59 Å². The van der Waals surface area contributed by atoms with Gasteiger partial charge in [0.25, 0.3) is 6.47 Å². The number of anilines is 2. The summed E-state index contributed by atoms with van der Waals surface area (Å²) in [4.78, 5) is 41.6. The van der Waals surface area contributed by atoms with E-state index in [9.17, 15) is 4.79 Å². The molecule has 0 N–H and O–H groups in total. The van der Waals surface area contributed by atoms with Crippen molar-refractivity contribution in [2.24, 2.45) is 11.8 Å². The summed E-state index contributed by atoms with van der Waals surface area (Å²) in [6.45, 7) is 5.39. The van der Waals surface area contributed by atoms with E-state index in [-0.39, 0.29) is 18.4 Å². The van der Waals surface area contributed by atoms with Crippen molar-refractivity contribution >= 4 is 112 Å². The van der Waals surface area contributed by atoms with Crippen LogP contribution < -0.4 is 14.5 Å². The molecule has 6 heterocycles. The van der Waals surface area contributed by atoms with Crippen molar-refractivity contribution in [2.45, 2.75) is 108 Å². The molecule has 2 aliphatic heterocycles. The van der Waals surface area contributed by atoms with Crippen molar-refractivity contribution in [3.63, 3.8) is 0 Å². The zero-order valence-corrected chi connectivity index (χ0v) is 45.0. The lowest BCUT2D eigenvalue weighted by molar-refractivity contribution is -0.191. The molecule has 4 aromatic carbocycles. The lowest BCUT2D eigenvalue weighted by atomic mass is 10.0. The molecule has 14 nitrogen and oxygen atoms in total. The standard InChI is InChI=1S/C27H23Cl2N3O4S.C27H25Cl2N3O2S.CO2/c28-19-2-1-3-20(29)24(19)25-18(26(36-31-25)14-4-5-14)12-34-22-9-16-8-15(22)11-32(16)27-30-21-7-6-17(35-13-33)10-23(21)37-27;1-14-5-8-21-23(9-14)35-27(30-21)32-12-16-10-17(32)11-22(16)33-13-18-25(31-34-26(18)15-6-7-15)24-19(28)3-2-4-20(24)29;2-1-3/h1-3,6-7,10,13-16,22H,4-5,8-9,11-12H2;2-5,8-9,15-17,22H,6-7,10-13H2,1H3;/t15-,16-,22+;16-,17-,22+;/m11./s1. The van der Waals surface area contributed by atoms with Crippen LogP contribution in [0.3, 0.4) is 0 Å². The fraction of sp³-hybridized carbons (Fsp3) is 0.382. The molecule has 14 rings (SSSR count). The summed E-state index contributed by atoms with van der Waals surface area (Å²) >= 11 is 29.5. The third-order valence-electron chi connectivity index (χ3n) is 15.3. The largest absolute Gasteiger partial charge is 0.429 e. The van der Waals surface area contributed by atoms with Gasteiger partial charge in [-0.25, -0.2) is 9.97 Å². The summed E-state index contributed by atoms with van der Waals surface area (Å²) in [5.74, 6) is 4.13. The first-order valence-electron chi connectivity index (χ1n) is 25.0. The number of hydrogen-bond acceptors (Lipinski definition) is 16. The summed E-state index contributed by atoms with van der Waals surface area (Å²) in [7, 11) is 0. The van der Waals surface area contributed by atoms with Gasteiger partial charge in [-0.15, -0.1) is 0 Å². The maximum Gasteiger partial charge on any atom is 0.373 e. The molecule has 6 atom stereocenters. The van der Waals surface area contributed by atoms with Gasteiger partial charge >= 0.3 is 6.15 Å². The Morgan fingerprint density at radius 1 is 0.653 bits per heavy atom. The molecule has 20 heteroatoms. The topological polar surface area (TPSA) is 163 Å². The fourth-order valence-corrected chi connectivity index (χ4v) is 14.8. The number of aryl methyl sites for hydroxylation is 1. The number of thiazole rings is 2. The normalized spacial score (nSPS) is 22.4. The number of aromatic nitrogens is 4. The molecule has 0 radical (unpaired) electrons. The predicted octanol–water partition coefficient (Wildman–Crippen LogP) is 13.9. The summed E-state index contributed by atoms with van der Waals surface area (Å²) in [6, 6.07) is 23.9. The molecule has 2 saturated heterocycles. The quantitative estimate of drug-likeness (QED) is 0.0945. The molecule has 75 heavy (non-hydrogen) atoms. The molecule has 0 spiro atoms. The van der Waals surface area contributed by atoms with Gasteiger partial charge < -0.3 is 33.1 Å². The van der Waals surface area contributed by atoms with E-state index in [1.54, 1.807) is 28.7 Å². The minimum absolute atomic E-state index is 0.166. The molecule has 4 aromatic heterocycles. The number of rotatable bonds is 14. The van der Waals surface area contributed by atoms with Crippen LogP contribution in [0.15, 0.2) is 81.8 Å². The van der Waals surface area contributed by atoms with Crippen molar-refractivity contribution in [3.05, 3.63) is 121 Å². The molecular formula is C55H48Cl4N6O8S2. The van der Waals surface area contributed by atoms with E-state index in [0.717, 1.165) is 124 Å². The second-order valence-electron chi connectivity index (χ2n) is 20.2. The highest BCUT2D eigenvalue weighted by Gasteiger charge is 2.48. The molecular weight excluding hydrogens is 1080 g/mol. The number of piperidine rings is 2. The second-order valence-corrected chi connectivity index (χ2v) is 23.8. The number of halogens is 4. The van der Waals surface area contributed by atoms with Crippen LogP contribution in [-0.2, 0) is 37.1 Å².